The molecule has 0 spiro atoms. The fourth-order valence-corrected chi connectivity index (χ4v) is 5.88. The van der Waals surface area contributed by atoms with Gasteiger partial charge in [-0.25, -0.2) is 0 Å². The number of amides is 1. The number of rotatable bonds is 7. The molecule has 1 fully saturated rings. The predicted octanol–water partition coefficient (Wildman–Crippen LogP) is 5.54. The van der Waals surface area contributed by atoms with E-state index in [0.29, 0.717) is 29.8 Å². The second-order valence-electron chi connectivity index (χ2n) is 9.86. The van der Waals surface area contributed by atoms with E-state index in [1.807, 2.05) is 81.1 Å². The van der Waals surface area contributed by atoms with Crippen LogP contribution in [0.25, 0.3) is 0 Å². The Kier molecular flexibility index (Phi) is 6.82. The van der Waals surface area contributed by atoms with E-state index in [1.54, 1.807) is 0 Å². The van der Waals surface area contributed by atoms with Crippen molar-refractivity contribution in [3.05, 3.63) is 89.0 Å². The lowest BCUT2D eigenvalue weighted by molar-refractivity contribution is -0.149. The molecule has 3 aromatic carbocycles. The highest BCUT2D eigenvalue weighted by atomic mass is 32.1. The van der Waals surface area contributed by atoms with Crippen LogP contribution in [0.5, 0.6) is 11.5 Å². The number of carbonyl (C=O) groups is 1. The van der Waals surface area contributed by atoms with Crippen molar-refractivity contribution in [2.24, 2.45) is 5.92 Å². The van der Waals surface area contributed by atoms with E-state index in [-0.39, 0.29) is 11.9 Å². The summed E-state index contributed by atoms with van der Waals surface area (Å²) >= 11 is 5.86. The van der Waals surface area contributed by atoms with Gasteiger partial charge in [-0.2, -0.15) is 0 Å². The molecule has 2 aliphatic rings. The average Bonchev–Trinajstić information content (AvgIpc) is 2.86. The van der Waals surface area contributed by atoms with Crippen LogP contribution in [-0.4, -0.2) is 34.8 Å². The van der Waals surface area contributed by atoms with E-state index in [4.69, 9.17) is 21.7 Å². The maximum Gasteiger partial charge on any atom is 0.236 e. The van der Waals surface area contributed by atoms with Gasteiger partial charge in [0.15, 0.2) is 22.3 Å². The first kappa shape index (κ1) is 25.1. The van der Waals surface area contributed by atoms with Crippen LogP contribution in [0.2, 0.25) is 0 Å². The highest BCUT2D eigenvalue weighted by Crippen LogP contribution is 2.51. The van der Waals surface area contributed by atoms with Gasteiger partial charge < -0.3 is 25.0 Å². The lowest BCUT2D eigenvalue weighted by Crippen LogP contribution is -2.71. The Morgan fingerprint density at radius 3 is 2.65 bits per heavy atom. The summed E-state index contributed by atoms with van der Waals surface area (Å²) in [5.41, 5.74) is 4.00. The van der Waals surface area contributed by atoms with Crippen LogP contribution in [0.15, 0.2) is 66.7 Å². The predicted molar refractivity (Wildman–Crippen MR) is 150 cm³/mol. The van der Waals surface area contributed by atoms with Gasteiger partial charge in [0.1, 0.15) is 5.92 Å². The minimum atomic E-state index is -1.02. The topological polar surface area (TPSA) is 62.8 Å². The van der Waals surface area contributed by atoms with E-state index in [1.165, 1.54) is 5.56 Å². The molecule has 3 atom stereocenters. The normalized spacial score (nSPS) is 21.9. The SMILES string of the molecule is CCOc1cccc2c1O[C@@]1(C)[C@@H](C(=O)Nc3ccc(C)cc3C)[C@H]2NC(=S)N1CCc1ccccc1. The third-order valence-corrected chi connectivity index (χ3v) is 7.65. The van der Waals surface area contributed by atoms with Gasteiger partial charge in [0.2, 0.25) is 5.91 Å². The van der Waals surface area contributed by atoms with Gasteiger partial charge in [0.05, 0.1) is 12.6 Å². The largest absolute Gasteiger partial charge is 0.490 e. The molecule has 7 heteroatoms. The van der Waals surface area contributed by atoms with Gasteiger partial charge in [-0.1, -0.05) is 60.2 Å². The van der Waals surface area contributed by atoms with Gasteiger partial charge in [-0.3, -0.25) is 4.79 Å². The Hall–Kier alpha value is -3.58. The van der Waals surface area contributed by atoms with Gasteiger partial charge >= 0.3 is 0 Å². The monoisotopic (exact) mass is 515 g/mol. The quantitative estimate of drug-likeness (QED) is 0.403. The number of carbonyl (C=O) groups excluding carboxylic acids is 1. The Morgan fingerprint density at radius 1 is 1.14 bits per heavy atom. The number of thiocarbonyl (C=S) groups is 1. The van der Waals surface area contributed by atoms with Gasteiger partial charge in [-0.15, -0.1) is 0 Å². The first-order valence-electron chi connectivity index (χ1n) is 12.8. The van der Waals surface area contributed by atoms with Crippen molar-refractivity contribution in [3.63, 3.8) is 0 Å². The van der Waals surface area contributed by atoms with E-state index in [0.717, 1.165) is 28.8 Å². The van der Waals surface area contributed by atoms with Crippen molar-refractivity contribution in [1.29, 1.82) is 0 Å². The maximum absolute atomic E-state index is 14.0. The first-order valence-corrected chi connectivity index (χ1v) is 13.2. The van der Waals surface area contributed by atoms with Crippen LogP contribution in [0.4, 0.5) is 5.69 Å². The summed E-state index contributed by atoms with van der Waals surface area (Å²) in [5, 5.41) is 7.24. The molecule has 0 aliphatic carbocycles. The molecule has 0 radical (unpaired) electrons. The highest BCUT2D eigenvalue weighted by Gasteiger charge is 2.59. The lowest BCUT2D eigenvalue weighted by Gasteiger charge is -2.56. The highest BCUT2D eigenvalue weighted by molar-refractivity contribution is 7.80. The minimum absolute atomic E-state index is 0.119. The molecule has 3 aromatic rings. The molecular weight excluding hydrogens is 482 g/mol. The molecule has 1 saturated heterocycles. The second kappa shape index (κ2) is 10.1. The van der Waals surface area contributed by atoms with Gasteiger partial charge in [0, 0.05) is 17.8 Å². The molecule has 0 saturated carbocycles. The number of nitrogens with zero attached hydrogens (tertiary/aromatic N) is 1. The zero-order valence-electron chi connectivity index (χ0n) is 21.7. The standard InChI is InChI=1S/C30H33N3O3S/c1-5-35-24-13-9-12-22-26-25(28(34)31-23-15-14-19(2)18-20(23)3)30(4,36-27(22)24)33(29(37)32-26)17-16-21-10-7-6-8-11-21/h6-15,18,25-26H,5,16-17H2,1-4H3,(H,31,34)(H,32,37)/t25-,26+,30+/m1/s1. The number of benzene rings is 3. The van der Waals surface area contributed by atoms with Crippen molar-refractivity contribution in [1.82, 2.24) is 10.2 Å². The van der Waals surface area contributed by atoms with Crippen LogP contribution in [0.1, 0.15) is 42.1 Å². The van der Waals surface area contributed by atoms with Crippen molar-refractivity contribution in [3.8, 4) is 11.5 Å². The number of nitrogens with one attached hydrogen (secondary N) is 2. The van der Waals surface area contributed by atoms with E-state index in [2.05, 4.69) is 28.8 Å². The molecule has 2 N–H and O–H groups in total. The number of anilines is 1. The van der Waals surface area contributed by atoms with Crippen LogP contribution in [0, 0.1) is 19.8 Å². The number of fused-ring (bicyclic) bond motifs is 4. The molecule has 0 aromatic heterocycles. The van der Waals surface area contributed by atoms with E-state index < -0.39 is 11.6 Å². The molecular formula is C30H33N3O3S. The van der Waals surface area contributed by atoms with Crippen LogP contribution >= 0.6 is 12.2 Å². The van der Waals surface area contributed by atoms with Crippen molar-refractivity contribution in [2.45, 2.75) is 45.9 Å². The molecule has 2 aliphatic heterocycles. The fourth-order valence-electron chi connectivity index (χ4n) is 5.48. The molecule has 2 heterocycles. The molecule has 6 nitrogen and oxygen atoms in total. The first-order chi connectivity index (χ1) is 17.8. The Labute approximate surface area is 224 Å². The summed E-state index contributed by atoms with van der Waals surface area (Å²) in [6.45, 7) is 9.08. The molecule has 5 rings (SSSR count). The minimum Gasteiger partial charge on any atom is -0.490 e. The number of ether oxygens (including phenoxy) is 2. The van der Waals surface area contributed by atoms with E-state index >= 15 is 0 Å². The number of aryl methyl sites for hydroxylation is 2. The number of para-hydroxylation sites is 1. The summed E-state index contributed by atoms with van der Waals surface area (Å²) in [5.74, 6) is 0.640. The molecule has 1 amide bonds. The third-order valence-electron chi connectivity index (χ3n) is 7.31. The smallest absolute Gasteiger partial charge is 0.236 e. The zero-order chi connectivity index (χ0) is 26.2. The molecule has 0 unspecified atom stereocenters. The Morgan fingerprint density at radius 2 is 1.92 bits per heavy atom. The summed E-state index contributed by atoms with van der Waals surface area (Å²) in [7, 11) is 0. The number of hydrogen-bond donors (Lipinski definition) is 2. The van der Waals surface area contributed by atoms with Crippen LogP contribution < -0.4 is 20.1 Å². The van der Waals surface area contributed by atoms with Crippen molar-refractivity contribution in [2.75, 3.05) is 18.5 Å². The van der Waals surface area contributed by atoms with Gasteiger partial charge in [-0.05, 0) is 69.6 Å². The van der Waals surface area contributed by atoms with Crippen LogP contribution in [0.3, 0.4) is 0 Å². The molecule has 192 valence electrons. The Balaban J connectivity index is 1.55. The molecule has 2 bridgehead atoms. The second-order valence-corrected chi connectivity index (χ2v) is 10.3. The average molecular weight is 516 g/mol. The maximum atomic E-state index is 14.0. The van der Waals surface area contributed by atoms with Crippen LogP contribution in [-0.2, 0) is 11.2 Å². The summed E-state index contributed by atoms with van der Waals surface area (Å²) in [6.07, 6.45) is 0.762. The summed E-state index contributed by atoms with van der Waals surface area (Å²) in [6, 6.07) is 21.7. The summed E-state index contributed by atoms with van der Waals surface area (Å²) < 4.78 is 12.7. The lowest BCUT2D eigenvalue weighted by atomic mass is 9.78. The Bertz CT molecular complexity index is 1330. The third kappa shape index (κ3) is 4.64. The van der Waals surface area contributed by atoms with Crippen molar-refractivity contribution < 1.29 is 14.3 Å². The van der Waals surface area contributed by atoms with E-state index in [9.17, 15) is 4.79 Å². The van der Waals surface area contributed by atoms with Gasteiger partial charge in [0.25, 0.3) is 0 Å². The number of hydrogen-bond acceptors (Lipinski definition) is 4. The van der Waals surface area contributed by atoms with Crippen molar-refractivity contribution >= 4 is 28.9 Å². The fraction of sp³-hybridized carbons (Fsp3) is 0.333. The zero-order valence-corrected chi connectivity index (χ0v) is 22.5. The summed E-state index contributed by atoms with van der Waals surface area (Å²) in [4.78, 5) is 16.1. The molecule has 37 heavy (non-hydrogen) atoms.